The number of H-pyrrole nitrogens is 2. The Morgan fingerprint density at radius 3 is 2.88 bits per heavy atom. The van der Waals surface area contributed by atoms with E-state index in [-0.39, 0.29) is 6.61 Å². The van der Waals surface area contributed by atoms with Crippen molar-refractivity contribution in [2.75, 3.05) is 11.9 Å². The molecule has 1 amide bonds. The maximum atomic E-state index is 11.6. The van der Waals surface area contributed by atoms with Crippen LogP contribution in [0.15, 0.2) is 46.6 Å². The van der Waals surface area contributed by atoms with Gasteiger partial charge in [0.05, 0.1) is 13.2 Å². The summed E-state index contributed by atoms with van der Waals surface area (Å²) in [7, 11) is 0. The topological polar surface area (TPSA) is 108 Å². The van der Waals surface area contributed by atoms with Gasteiger partial charge in [-0.1, -0.05) is 30.3 Å². The number of amides is 1. The number of carbonyl (C=O) groups is 1. The number of nitrogens with zero attached hydrogens (tertiary/aromatic N) is 3. The summed E-state index contributed by atoms with van der Waals surface area (Å²) in [4.78, 5) is 21.8. The summed E-state index contributed by atoms with van der Waals surface area (Å²) in [5.74, 6) is 0.296. The van der Waals surface area contributed by atoms with Crippen molar-refractivity contribution < 1.29 is 9.53 Å². The average Bonchev–Trinajstić information content (AvgIpc) is 2.96. The normalized spacial score (nSPS) is 11.1. The number of hydrogen-bond donors (Lipinski definition) is 3. The summed E-state index contributed by atoms with van der Waals surface area (Å²) < 4.78 is 5.27. The molecule has 0 aliphatic rings. The van der Waals surface area contributed by atoms with Gasteiger partial charge in [0.15, 0.2) is 10.4 Å². The fourth-order valence-electron chi connectivity index (χ4n) is 2.19. The lowest BCUT2D eigenvalue weighted by molar-refractivity contribution is 0.168. The first-order chi connectivity index (χ1) is 12.2. The van der Waals surface area contributed by atoms with Crippen LogP contribution in [0, 0.1) is 4.77 Å². The number of azo groups is 1. The number of rotatable bonds is 5. The molecule has 2 heterocycles. The molecule has 2 aromatic heterocycles. The molecular weight excluding hydrogens is 340 g/mol. The third-order valence-electron chi connectivity index (χ3n) is 3.25. The van der Waals surface area contributed by atoms with Gasteiger partial charge in [-0.25, -0.2) is 9.78 Å². The van der Waals surface area contributed by atoms with Gasteiger partial charge in [-0.3, -0.25) is 5.32 Å². The maximum Gasteiger partial charge on any atom is 0.412 e. The molecule has 8 nitrogen and oxygen atoms in total. The number of aromatic amines is 2. The van der Waals surface area contributed by atoms with Gasteiger partial charge in [-0.05, 0) is 24.7 Å². The van der Waals surface area contributed by atoms with E-state index in [1.54, 1.807) is 13.0 Å². The van der Waals surface area contributed by atoms with E-state index in [2.05, 4.69) is 30.5 Å². The minimum atomic E-state index is -0.587. The van der Waals surface area contributed by atoms with E-state index in [9.17, 15) is 4.79 Å². The van der Waals surface area contributed by atoms with E-state index in [0.29, 0.717) is 34.0 Å². The van der Waals surface area contributed by atoms with E-state index in [1.807, 2.05) is 30.3 Å². The van der Waals surface area contributed by atoms with Gasteiger partial charge < -0.3 is 14.7 Å². The van der Waals surface area contributed by atoms with Crippen LogP contribution < -0.4 is 5.32 Å². The third-order valence-corrected chi connectivity index (χ3v) is 3.45. The van der Waals surface area contributed by atoms with Crippen LogP contribution in [0.2, 0.25) is 0 Å². The third kappa shape index (κ3) is 4.27. The van der Waals surface area contributed by atoms with E-state index in [0.717, 1.165) is 5.56 Å². The fraction of sp³-hybridized carbons (Fsp3) is 0.188. The Hall–Kier alpha value is -3.07. The molecule has 0 fully saturated rings. The Kier molecular flexibility index (Phi) is 5.14. The number of benzene rings is 1. The van der Waals surface area contributed by atoms with Crippen molar-refractivity contribution in [2.45, 2.75) is 13.5 Å². The molecule has 0 saturated heterocycles. The molecule has 3 aromatic rings. The van der Waals surface area contributed by atoms with Crippen molar-refractivity contribution in [2.24, 2.45) is 10.2 Å². The number of pyridine rings is 1. The second kappa shape index (κ2) is 7.67. The van der Waals surface area contributed by atoms with Crippen LogP contribution in [0.25, 0.3) is 11.2 Å². The van der Waals surface area contributed by atoms with Crippen LogP contribution in [0.4, 0.5) is 16.3 Å². The van der Waals surface area contributed by atoms with Crippen molar-refractivity contribution in [3.63, 3.8) is 0 Å². The summed E-state index contributed by atoms with van der Waals surface area (Å²) in [6.45, 7) is 2.43. The molecule has 128 valence electrons. The quantitative estimate of drug-likeness (QED) is 0.463. The highest BCUT2D eigenvalue weighted by Gasteiger charge is 2.10. The minimum absolute atomic E-state index is 0.268. The molecule has 0 saturated carbocycles. The number of aromatic nitrogens is 3. The molecule has 25 heavy (non-hydrogen) atoms. The van der Waals surface area contributed by atoms with Crippen molar-refractivity contribution in [3.8, 4) is 0 Å². The monoisotopic (exact) mass is 356 g/mol. The van der Waals surface area contributed by atoms with Crippen molar-refractivity contribution >= 4 is 41.0 Å². The molecule has 0 aliphatic heterocycles. The molecule has 0 unspecified atom stereocenters. The van der Waals surface area contributed by atoms with Crippen LogP contribution in [-0.2, 0) is 11.3 Å². The van der Waals surface area contributed by atoms with E-state index in [4.69, 9.17) is 17.0 Å². The molecule has 1 aromatic carbocycles. The van der Waals surface area contributed by atoms with Gasteiger partial charge in [0.2, 0.25) is 0 Å². The zero-order chi connectivity index (χ0) is 17.6. The summed E-state index contributed by atoms with van der Waals surface area (Å²) >= 11 is 5.10. The Labute approximate surface area is 148 Å². The van der Waals surface area contributed by atoms with Crippen LogP contribution in [0.1, 0.15) is 12.5 Å². The van der Waals surface area contributed by atoms with E-state index < -0.39 is 6.09 Å². The molecule has 9 heteroatoms. The summed E-state index contributed by atoms with van der Waals surface area (Å²) in [6, 6.07) is 11.4. The highest BCUT2D eigenvalue weighted by Crippen LogP contribution is 2.26. The molecule has 0 aliphatic carbocycles. The summed E-state index contributed by atoms with van der Waals surface area (Å²) in [6.07, 6.45) is -0.587. The zero-order valence-electron chi connectivity index (χ0n) is 13.4. The highest BCUT2D eigenvalue weighted by atomic mass is 32.1. The van der Waals surface area contributed by atoms with E-state index >= 15 is 0 Å². The number of fused-ring (bicyclic) bond motifs is 1. The molecule has 0 spiro atoms. The first kappa shape index (κ1) is 16.8. The van der Waals surface area contributed by atoms with Gasteiger partial charge in [-0.15, -0.1) is 0 Å². The second-order valence-electron chi connectivity index (χ2n) is 5.06. The Balaban J connectivity index is 1.89. The van der Waals surface area contributed by atoms with Gasteiger partial charge in [-0.2, -0.15) is 10.2 Å². The second-order valence-corrected chi connectivity index (χ2v) is 5.47. The number of hydrogen-bond acceptors (Lipinski definition) is 6. The lowest BCUT2D eigenvalue weighted by Crippen LogP contribution is -2.14. The van der Waals surface area contributed by atoms with Gasteiger partial charge in [0.25, 0.3) is 0 Å². The van der Waals surface area contributed by atoms with Crippen LogP contribution in [0.5, 0.6) is 0 Å². The predicted octanol–water partition coefficient (Wildman–Crippen LogP) is 4.47. The zero-order valence-corrected chi connectivity index (χ0v) is 14.3. The van der Waals surface area contributed by atoms with Crippen LogP contribution in [-0.4, -0.2) is 27.7 Å². The fourth-order valence-corrected chi connectivity index (χ4v) is 2.39. The van der Waals surface area contributed by atoms with Crippen molar-refractivity contribution in [1.82, 2.24) is 15.0 Å². The Morgan fingerprint density at radius 1 is 1.32 bits per heavy atom. The Bertz CT molecular complexity index is 964. The van der Waals surface area contributed by atoms with Crippen molar-refractivity contribution in [3.05, 3.63) is 46.7 Å². The molecule has 3 N–H and O–H groups in total. The predicted molar refractivity (Wildman–Crippen MR) is 96.6 cm³/mol. The SMILES string of the molecule is CCOC(=O)Nc1cc(N=NCc2ccccc2)c2[nH]c(=S)[nH]c2n1. The number of nitrogens with one attached hydrogen (secondary N) is 3. The number of imidazole rings is 1. The average molecular weight is 356 g/mol. The largest absolute Gasteiger partial charge is 0.450 e. The molecule has 0 bridgehead atoms. The minimum Gasteiger partial charge on any atom is -0.450 e. The highest BCUT2D eigenvalue weighted by molar-refractivity contribution is 7.71. The molecule has 3 rings (SSSR count). The summed E-state index contributed by atoms with van der Waals surface area (Å²) in [5, 5.41) is 11.0. The van der Waals surface area contributed by atoms with Crippen molar-refractivity contribution in [1.29, 1.82) is 0 Å². The summed E-state index contributed by atoms with van der Waals surface area (Å²) in [5.41, 5.74) is 2.66. The number of anilines is 1. The molecular formula is C16H16N6O2S. The lowest BCUT2D eigenvalue weighted by Gasteiger charge is -2.05. The number of carbonyl (C=O) groups excluding carboxylic acids is 1. The molecule has 0 atom stereocenters. The number of ether oxygens (including phenoxy) is 1. The van der Waals surface area contributed by atoms with Gasteiger partial charge in [0, 0.05) is 6.07 Å². The van der Waals surface area contributed by atoms with Gasteiger partial charge in [0.1, 0.15) is 17.0 Å². The van der Waals surface area contributed by atoms with E-state index in [1.165, 1.54) is 0 Å². The Morgan fingerprint density at radius 2 is 2.12 bits per heavy atom. The first-order valence-electron chi connectivity index (χ1n) is 7.64. The van der Waals surface area contributed by atoms with Gasteiger partial charge >= 0.3 is 6.09 Å². The van der Waals surface area contributed by atoms with Crippen LogP contribution in [0.3, 0.4) is 0 Å². The first-order valence-corrected chi connectivity index (χ1v) is 8.05. The smallest absolute Gasteiger partial charge is 0.412 e. The maximum absolute atomic E-state index is 11.6. The standard InChI is InChI=1S/C16H16N6O2S/c1-2-24-16(23)19-12-8-11(13-14(18-12)21-15(25)20-13)22-17-9-10-6-4-3-5-7-10/h3-8H,2,9H2,1H3,(H3,18,19,20,21,23,25). The van der Waals surface area contributed by atoms with Crippen LogP contribution >= 0.6 is 12.2 Å². The molecule has 0 radical (unpaired) electrons. The lowest BCUT2D eigenvalue weighted by atomic mass is 10.2.